The van der Waals surface area contributed by atoms with Gasteiger partial charge in [0.25, 0.3) is 0 Å². The van der Waals surface area contributed by atoms with Crippen LogP contribution in [0.2, 0.25) is 0 Å². The molecule has 55 heavy (non-hydrogen) atoms. The highest BCUT2D eigenvalue weighted by molar-refractivity contribution is 6.18. The molecule has 266 valence electrons. The Bertz CT molecular complexity index is 3040. The predicted molar refractivity (Wildman–Crippen MR) is 214 cm³/mol. The van der Waals surface area contributed by atoms with Gasteiger partial charge in [0.05, 0.1) is 28.2 Å². The molecule has 9 aromatic rings. The molecule has 1 unspecified atom stereocenters. The van der Waals surface area contributed by atoms with Gasteiger partial charge in [-0.15, -0.1) is 0 Å². The van der Waals surface area contributed by atoms with Crippen molar-refractivity contribution in [3.8, 4) is 68.6 Å². The van der Waals surface area contributed by atoms with Crippen LogP contribution in [-0.4, -0.2) is 49.6 Å². The lowest BCUT2D eigenvalue weighted by Gasteiger charge is -2.18. The van der Waals surface area contributed by atoms with Gasteiger partial charge < -0.3 is 30.1 Å². The number of rotatable bonds is 5. The second-order valence-electron chi connectivity index (χ2n) is 13.6. The topological polar surface area (TPSA) is 150 Å². The molecule has 10 nitrogen and oxygen atoms in total. The van der Waals surface area contributed by atoms with Gasteiger partial charge in [-0.3, -0.25) is 4.57 Å². The fourth-order valence-corrected chi connectivity index (χ4v) is 7.85. The van der Waals surface area contributed by atoms with E-state index in [9.17, 15) is 25.5 Å². The van der Waals surface area contributed by atoms with Gasteiger partial charge in [-0.1, -0.05) is 115 Å². The molecule has 3 heterocycles. The minimum atomic E-state index is -1.02. The molecule has 1 aliphatic carbocycles. The van der Waals surface area contributed by atoms with Crippen LogP contribution in [0.25, 0.3) is 83.5 Å². The highest BCUT2D eigenvalue weighted by atomic mass is 16.4. The Hall–Kier alpha value is -7.59. The fourth-order valence-electron chi connectivity index (χ4n) is 7.85. The van der Waals surface area contributed by atoms with Crippen LogP contribution >= 0.6 is 0 Å². The van der Waals surface area contributed by atoms with Crippen molar-refractivity contribution in [2.75, 3.05) is 0 Å². The molecular formula is C45H31N5O5. The third-order valence-electron chi connectivity index (χ3n) is 10.5. The monoisotopic (exact) mass is 721 g/mol. The maximum atomic E-state index is 10.6. The van der Waals surface area contributed by atoms with Crippen molar-refractivity contribution in [2.45, 2.75) is 12.5 Å². The van der Waals surface area contributed by atoms with Crippen LogP contribution in [0.15, 0.2) is 140 Å². The first-order valence-corrected chi connectivity index (χ1v) is 17.8. The van der Waals surface area contributed by atoms with Gasteiger partial charge in [0, 0.05) is 38.2 Å². The van der Waals surface area contributed by atoms with Gasteiger partial charge in [-0.2, -0.15) is 9.97 Å². The summed E-state index contributed by atoms with van der Waals surface area (Å²) in [6, 6.07) is 37.8. The average molecular weight is 722 g/mol. The first-order chi connectivity index (χ1) is 26.9. The number of hydrogen-bond donors (Lipinski definition) is 5. The molecule has 0 saturated heterocycles. The van der Waals surface area contributed by atoms with E-state index < -0.39 is 28.7 Å². The van der Waals surface area contributed by atoms with Crippen molar-refractivity contribution in [1.82, 2.24) is 24.1 Å². The molecule has 0 saturated carbocycles. The number of benzene rings is 6. The number of fused-ring (bicyclic) bond motifs is 6. The van der Waals surface area contributed by atoms with Crippen LogP contribution in [0, 0.1) is 0 Å². The Labute approximate surface area is 313 Å². The van der Waals surface area contributed by atoms with Crippen molar-refractivity contribution < 1.29 is 25.5 Å². The number of para-hydroxylation sites is 2. The smallest absolute Gasteiger partial charge is 0.238 e. The number of hydrogen-bond acceptors (Lipinski definition) is 8. The molecule has 1 atom stereocenters. The van der Waals surface area contributed by atoms with Gasteiger partial charge >= 0.3 is 0 Å². The summed E-state index contributed by atoms with van der Waals surface area (Å²) in [5.41, 5.74) is 5.59. The quantitative estimate of drug-likeness (QED) is 0.0871. The molecule has 0 radical (unpaired) electrons. The molecule has 6 aromatic carbocycles. The zero-order valence-electron chi connectivity index (χ0n) is 29.0. The SMILES string of the molecule is Oc1c(O)c(O)c(-c2ccc(-c3nc(-c4ccccc4)nc(-n4c5ccccc5c5cc6c7ccccc7n(C7C=CC=CC7)c6cc54)n3)cc2)c(O)c1O. The zero-order chi connectivity index (χ0) is 37.4. The molecule has 0 fully saturated rings. The molecular weight excluding hydrogens is 691 g/mol. The van der Waals surface area contributed by atoms with Crippen molar-refractivity contribution in [3.63, 3.8) is 0 Å². The van der Waals surface area contributed by atoms with Gasteiger partial charge in [-0.25, -0.2) is 4.98 Å². The third-order valence-corrected chi connectivity index (χ3v) is 10.5. The average Bonchev–Trinajstić information content (AvgIpc) is 3.74. The van der Waals surface area contributed by atoms with E-state index >= 15 is 0 Å². The summed E-state index contributed by atoms with van der Waals surface area (Å²) < 4.78 is 4.51. The Morgan fingerprint density at radius 3 is 1.71 bits per heavy atom. The summed E-state index contributed by atoms with van der Waals surface area (Å²) in [5.74, 6) is -3.19. The van der Waals surface area contributed by atoms with E-state index in [-0.39, 0.29) is 17.2 Å². The molecule has 0 spiro atoms. The van der Waals surface area contributed by atoms with E-state index in [4.69, 9.17) is 15.0 Å². The van der Waals surface area contributed by atoms with E-state index in [0.29, 0.717) is 23.2 Å². The maximum Gasteiger partial charge on any atom is 0.238 e. The van der Waals surface area contributed by atoms with E-state index in [1.807, 2.05) is 42.5 Å². The van der Waals surface area contributed by atoms with Crippen molar-refractivity contribution >= 4 is 43.6 Å². The predicted octanol–water partition coefficient (Wildman–Crippen LogP) is 9.66. The molecule has 10 rings (SSSR count). The highest BCUT2D eigenvalue weighted by Gasteiger charge is 2.25. The number of aromatic nitrogens is 5. The second-order valence-corrected chi connectivity index (χ2v) is 13.6. The Morgan fingerprint density at radius 2 is 1.04 bits per heavy atom. The van der Waals surface area contributed by atoms with Crippen LogP contribution < -0.4 is 0 Å². The van der Waals surface area contributed by atoms with Gasteiger partial charge in [0.15, 0.2) is 23.1 Å². The number of aromatic hydroxyl groups is 5. The second kappa shape index (κ2) is 12.2. The summed E-state index contributed by atoms with van der Waals surface area (Å²) in [7, 11) is 0. The number of phenols is 5. The Kier molecular flexibility index (Phi) is 7.14. The minimum absolute atomic E-state index is 0.150. The van der Waals surface area contributed by atoms with E-state index in [1.54, 1.807) is 24.3 Å². The standard InChI is InChI=1S/C45H31N5O5/c51-38-37(39(52)41(54)42(55)40(38)53)25-19-21-27(22-20-25)44-46-43(26-11-3-1-4-12-26)47-45(48-44)50-34-18-10-8-16-30(34)32-23-31-29-15-7-9-17-33(29)49(35(31)24-36(32)50)28-13-5-2-6-14-28/h1-13,15-24,28,51-55H,14H2. The van der Waals surface area contributed by atoms with Crippen molar-refractivity contribution in [3.05, 3.63) is 140 Å². The fraction of sp³-hybridized carbons (Fsp3) is 0.0444. The molecule has 3 aromatic heterocycles. The van der Waals surface area contributed by atoms with Crippen molar-refractivity contribution in [2.24, 2.45) is 0 Å². The summed E-state index contributed by atoms with van der Waals surface area (Å²) in [5, 5.41) is 55.9. The molecule has 1 aliphatic rings. The summed E-state index contributed by atoms with van der Waals surface area (Å²) in [4.78, 5) is 15.1. The van der Waals surface area contributed by atoms with Crippen LogP contribution in [0.1, 0.15) is 12.5 Å². The van der Waals surface area contributed by atoms with Crippen LogP contribution in [0.3, 0.4) is 0 Å². The van der Waals surface area contributed by atoms with E-state index in [0.717, 1.165) is 39.3 Å². The lowest BCUT2D eigenvalue weighted by molar-refractivity contribution is 0.330. The third kappa shape index (κ3) is 4.92. The van der Waals surface area contributed by atoms with Gasteiger partial charge in [0.2, 0.25) is 23.2 Å². The van der Waals surface area contributed by atoms with Crippen molar-refractivity contribution in [1.29, 1.82) is 0 Å². The van der Waals surface area contributed by atoms with E-state index in [1.165, 1.54) is 16.3 Å². The number of phenolic OH excluding ortho intramolecular Hbond substituents is 5. The minimum Gasteiger partial charge on any atom is -0.504 e. The molecule has 0 aliphatic heterocycles. The first-order valence-electron chi connectivity index (χ1n) is 17.8. The largest absolute Gasteiger partial charge is 0.504 e. The molecule has 0 amide bonds. The summed E-state index contributed by atoms with van der Waals surface area (Å²) in [6.07, 6.45) is 9.53. The number of nitrogens with zero attached hydrogens (tertiary/aromatic N) is 5. The maximum absolute atomic E-state index is 10.6. The summed E-state index contributed by atoms with van der Waals surface area (Å²) in [6.45, 7) is 0. The molecule has 5 N–H and O–H groups in total. The first kappa shape index (κ1) is 32.1. The lowest BCUT2D eigenvalue weighted by Crippen LogP contribution is -2.08. The normalized spacial score (nSPS) is 14.1. The molecule has 10 heteroatoms. The van der Waals surface area contributed by atoms with Crippen LogP contribution in [0.5, 0.6) is 28.7 Å². The van der Waals surface area contributed by atoms with Crippen LogP contribution in [0.4, 0.5) is 0 Å². The lowest BCUT2D eigenvalue weighted by atomic mass is 10.00. The number of allylic oxidation sites excluding steroid dienone is 4. The summed E-state index contributed by atoms with van der Waals surface area (Å²) >= 11 is 0. The Balaban J connectivity index is 1.21. The molecule has 0 bridgehead atoms. The highest BCUT2D eigenvalue weighted by Crippen LogP contribution is 2.54. The van der Waals surface area contributed by atoms with E-state index in [2.05, 4.69) is 82.0 Å². The zero-order valence-corrected chi connectivity index (χ0v) is 29.0. The van der Waals surface area contributed by atoms with Gasteiger partial charge in [-0.05, 0) is 36.2 Å². The van der Waals surface area contributed by atoms with Crippen LogP contribution in [-0.2, 0) is 0 Å². The van der Waals surface area contributed by atoms with Gasteiger partial charge in [0.1, 0.15) is 0 Å². The Morgan fingerprint density at radius 1 is 0.473 bits per heavy atom.